The van der Waals surface area contributed by atoms with Crippen LogP contribution in [-0.4, -0.2) is 25.1 Å². The number of carbonyl (C=O) groups excluding carboxylic acids is 1. The summed E-state index contributed by atoms with van der Waals surface area (Å²) in [6.45, 7) is -0.0175. The van der Waals surface area contributed by atoms with Gasteiger partial charge in [-0.2, -0.15) is 5.26 Å². The molecule has 1 aromatic carbocycles. The fourth-order valence-electron chi connectivity index (χ4n) is 1.86. The summed E-state index contributed by atoms with van der Waals surface area (Å²) in [5.74, 6) is 0.299. The number of urea groups is 1. The van der Waals surface area contributed by atoms with Crippen molar-refractivity contribution < 1.29 is 9.18 Å². The number of nitriles is 1. The highest BCUT2D eigenvalue weighted by molar-refractivity contribution is 5.89. The van der Waals surface area contributed by atoms with Gasteiger partial charge in [0.05, 0.1) is 23.5 Å². The summed E-state index contributed by atoms with van der Waals surface area (Å²) >= 11 is 0. The van der Waals surface area contributed by atoms with Gasteiger partial charge in [-0.15, -0.1) is 0 Å². The van der Waals surface area contributed by atoms with Crippen molar-refractivity contribution in [2.75, 3.05) is 24.3 Å². The van der Waals surface area contributed by atoms with Crippen molar-refractivity contribution in [1.82, 2.24) is 10.3 Å². The normalized spacial score (nSPS) is 9.83. The lowest BCUT2D eigenvalue weighted by Crippen LogP contribution is -2.28. The van der Waals surface area contributed by atoms with Crippen molar-refractivity contribution in [3.8, 4) is 6.07 Å². The van der Waals surface area contributed by atoms with E-state index in [0.29, 0.717) is 11.3 Å². The van der Waals surface area contributed by atoms with E-state index in [4.69, 9.17) is 5.26 Å². The van der Waals surface area contributed by atoms with Crippen molar-refractivity contribution >= 4 is 17.5 Å². The predicted molar refractivity (Wildman–Crippen MR) is 85.5 cm³/mol. The van der Waals surface area contributed by atoms with Crippen LogP contribution in [0.25, 0.3) is 0 Å². The average Bonchev–Trinajstić information content (AvgIpc) is 2.54. The number of benzene rings is 1. The third-order valence-corrected chi connectivity index (χ3v) is 3.08. The fourth-order valence-corrected chi connectivity index (χ4v) is 1.86. The van der Waals surface area contributed by atoms with Crippen LogP contribution in [0.5, 0.6) is 0 Å². The zero-order chi connectivity index (χ0) is 16.8. The van der Waals surface area contributed by atoms with Gasteiger partial charge in [0, 0.05) is 26.2 Å². The van der Waals surface area contributed by atoms with E-state index >= 15 is 0 Å². The maximum absolute atomic E-state index is 13.6. The summed E-state index contributed by atoms with van der Waals surface area (Å²) in [7, 11) is 3.73. The van der Waals surface area contributed by atoms with Crippen molar-refractivity contribution in [2.24, 2.45) is 0 Å². The van der Waals surface area contributed by atoms with Crippen molar-refractivity contribution in [3.05, 3.63) is 53.5 Å². The second-order valence-electron chi connectivity index (χ2n) is 5.03. The molecular weight excluding hydrogens is 297 g/mol. The number of nitrogens with zero attached hydrogens (tertiary/aromatic N) is 3. The zero-order valence-corrected chi connectivity index (χ0v) is 12.8. The third-order valence-electron chi connectivity index (χ3n) is 3.08. The summed E-state index contributed by atoms with van der Waals surface area (Å²) in [4.78, 5) is 17.8. The first-order valence-electron chi connectivity index (χ1n) is 6.86. The lowest BCUT2D eigenvalue weighted by Gasteiger charge is -2.12. The Morgan fingerprint density at radius 1 is 1.35 bits per heavy atom. The standard InChI is InChI=1S/C16H16FN5O/c1-22(2)15-6-4-13(10-19-15)21-16(23)20-9-12-7-11(8-18)3-5-14(12)17/h3-7,10H,9H2,1-2H3,(H2,20,21,23). The molecule has 0 aliphatic rings. The molecule has 0 aliphatic heterocycles. The van der Waals surface area contributed by atoms with Gasteiger partial charge in [-0.05, 0) is 30.3 Å². The Labute approximate surface area is 133 Å². The first kappa shape index (κ1) is 16.2. The van der Waals surface area contributed by atoms with Crippen molar-refractivity contribution in [2.45, 2.75) is 6.54 Å². The van der Waals surface area contributed by atoms with Gasteiger partial charge in [-0.1, -0.05) is 0 Å². The molecule has 23 heavy (non-hydrogen) atoms. The van der Waals surface area contributed by atoms with Crippen LogP contribution in [-0.2, 0) is 6.54 Å². The highest BCUT2D eigenvalue weighted by atomic mass is 19.1. The molecule has 0 saturated heterocycles. The fraction of sp³-hybridized carbons (Fsp3) is 0.188. The third kappa shape index (κ3) is 4.41. The number of nitrogens with one attached hydrogen (secondary N) is 2. The number of hydrogen-bond donors (Lipinski definition) is 2. The van der Waals surface area contributed by atoms with Gasteiger partial charge in [0.2, 0.25) is 0 Å². The van der Waals surface area contributed by atoms with E-state index in [0.717, 1.165) is 5.82 Å². The van der Waals surface area contributed by atoms with Crippen LogP contribution in [0.2, 0.25) is 0 Å². The molecule has 0 atom stereocenters. The van der Waals surface area contributed by atoms with Crippen LogP contribution >= 0.6 is 0 Å². The molecule has 0 aliphatic carbocycles. The zero-order valence-electron chi connectivity index (χ0n) is 12.8. The molecule has 0 saturated carbocycles. The number of halogens is 1. The number of anilines is 2. The van der Waals surface area contributed by atoms with E-state index in [9.17, 15) is 9.18 Å². The first-order valence-corrected chi connectivity index (χ1v) is 6.86. The predicted octanol–water partition coefficient (Wildman–Crippen LogP) is 2.48. The summed E-state index contributed by atoms with van der Waals surface area (Å²) in [5, 5.41) is 14.0. The van der Waals surface area contributed by atoms with Gasteiger partial charge in [0.15, 0.2) is 0 Å². The smallest absolute Gasteiger partial charge is 0.319 e. The maximum atomic E-state index is 13.6. The first-order chi connectivity index (χ1) is 11.0. The highest BCUT2D eigenvalue weighted by Crippen LogP contribution is 2.12. The molecule has 0 bridgehead atoms. The van der Waals surface area contributed by atoms with E-state index in [-0.39, 0.29) is 12.1 Å². The average molecular weight is 313 g/mol. The lowest BCUT2D eigenvalue weighted by atomic mass is 10.1. The molecular formula is C16H16FN5O. The van der Waals surface area contributed by atoms with E-state index < -0.39 is 11.8 Å². The topological polar surface area (TPSA) is 81.0 Å². The Balaban J connectivity index is 1.94. The maximum Gasteiger partial charge on any atom is 0.319 e. The van der Waals surface area contributed by atoms with Crippen molar-refractivity contribution in [1.29, 1.82) is 5.26 Å². The van der Waals surface area contributed by atoms with E-state index in [1.54, 1.807) is 12.1 Å². The minimum Gasteiger partial charge on any atom is -0.363 e. The molecule has 1 aromatic heterocycles. The van der Waals surface area contributed by atoms with Crippen LogP contribution in [0.15, 0.2) is 36.5 Å². The second-order valence-corrected chi connectivity index (χ2v) is 5.03. The Bertz CT molecular complexity index is 737. The number of rotatable bonds is 4. The molecule has 2 amide bonds. The van der Waals surface area contributed by atoms with Crippen LogP contribution in [0.4, 0.5) is 20.7 Å². The van der Waals surface area contributed by atoms with Crippen LogP contribution in [0, 0.1) is 17.1 Å². The number of pyridine rings is 1. The van der Waals surface area contributed by atoms with Crippen LogP contribution < -0.4 is 15.5 Å². The quantitative estimate of drug-likeness (QED) is 0.908. The highest BCUT2D eigenvalue weighted by Gasteiger charge is 2.07. The molecule has 2 N–H and O–H groups in total. The van der Waals surface area contributed by atoms with Crippen molar-refractivity contribution in [3.63, 3.8) is 0 Å². The van der Waals surface area contributed by atoms with E-state index in [1.165, 1.54) is 24.4 Å². The monoisotopic (exact) mass is 313 g/mol. The molecule has 2 aromatic rings. The summed E-state index contributed by atoms with van der Waals surface area (Å²) in [6, 6.07) is 8.94. The number of amides is 2. The minimum atomic E-state index is -0.480. The largest absolute Gasteiger partial charge is 0.363 e. The van der Waals surface area contributed by atoms with Gasteiger partial charge < -0.3 is 15.5 Å². The Morgan fingerprint density at radius 2 is 2.13 bits per heavy atom. The minimum absolute atomic E-state index is 0.0175. The van der Waals surface area contributed by atoms with Gasteiger partial charge in [0.1, 0.15) is 11.6 Å². The van der Waals surface area contributed by atoms with E-state index in [1.807, 2.05) is 25.1 Å². The molecule has 0 radical (unpaired) electrons. The summed E-state index contributed by atoms with van der Waals surface area (Å²) in [6.07, 6.45) is 1.53. The molecule has 118 valence electrons. The number of hydrogen-bond acceptors (Lipinski definition) is 4. The lowest BCUT2D eigenvalue weighted by molar-refractivity contribution is 0.251. The summed E-state index contributed by atoms with van der Waals surface area (Å²) in [5.41, 5.74) is 1.12. The SMILES string of the molecule is CN(C)c1ccc(NC(=O)NCc2cc(C#N)ccc2F)cn1. The van der Waals surface area contributed by atoms with Gasteiger partial charge in [-0.3, -0.25) is 0 Å². The van der Waals surface area contributed by atoms with E-state index in [2.05, 4.69) is 15.6 Å². The van der Waals surface area contributed by atoms with Gasteiger partial charge in [0.25, 0.3) is 0 Å². The van der Waals surface area contributed by atoms with Gasteiger partial charge >= 0.3 is 6.03 Å². The second kappa shape index (κ2) is 7.22. The molecule has 0 fully saturated rings. The van der Waals surface area contributed by atoms with Gasteiger partial charge in [-0.25, -0.2) is 14.2 Å². The number of aromatic nitrogens is 1. The Hall–Kier alpha value is -3.14. The number of carbonyl (C=O) groups is 1. The molecule has 1 heterocycles. The van der Waals surface area contributed by atoms with Crippen LogP contribution in [0.3, 0.4) is 0 Å². The molecule has 2 rings (SSSR count). The molecule has 0 unspecified atom stereocenters. The molecule has 0 spiro atoms. The Kier molecular flexibility index (Phi) is 5.10. The summed E-state index contributed by atoms with van der Waals surface area (Å²) < 4.78 is 13.6. The van der Waals surface area contributed by atoms with Crippen LogP contribution in [0.1, 0.15) is 11.1 Å². The molecule has 7 heteroatoms. The Morgan fingerprint density at radius 3 is 2.74 bits per heavy atom. The molecule has 6 nitrogen and oxygen atoms in total.